The van der Waals surface area contributed by atoms with Crippen molar-refractivity contribution in [3.63, 3.8) is 0 Å². The molecular weight excluding hydrogens is 300 g/mol. The quantitative estimate of drug-likeness (QED) is 0.547. The van der Waals surface area contributed by atoms with Crippen LogP contribution in [0.4, 0.5) is 17.3 Å². The molecule has 0 atom stereocenters. The number of aryl methyl sites for hydroxylation is 1. The molecule has 118 valence electrons. The van der Waals surface area contributed by atoms with Gasteiger partial charge in [0.2, 0.25) is 5.95 Å². The zero-order chi connectivity index (χ0) is 16.1. The molecule has 6 nitrogen and oxygen atoms in total. The van der Waals surface area contributed by atoms with Gasteiger partial charge in [0, 0.05) is 29.5 Å². The molecule has 2 N–H and O–H groups in total. The van der Waals surface area contributed by atoms with E-state index >= 15 is 0 Å². The number of nitrogens with zero attached hydrogens (tertiary/aromatic N) is 5. The number of anilines is 3. The monoisotopic (exact) mass is 316 g/mol. The Bertz CT molecular complexity index is 1070. The van der Waals surface area contributed by atoms with Crippen molar-refractivity contribution in [3.05, 3.63) is 54.2 Å². The molecule has 5 rings (SSSR count). The van der Waals surface area contributed by atoms with E-state index in [4.69, 9.17) is 5.73 Å². The molecule has 0 fully saturated rings. The minimum Gasteiger partial charge on any atom is -0.399 e. The molecule has 0 saturated carbocycles. The van der Waals surface area contributed by atoms with Gasteiger partial charge in [0.1, 0.15) is 0 Å². The molecular formula is C18H16N6. The summed E-state index contributed by atoms with van der Waals surface area (Å²) < 4.78 is 1.99. The van der Waals surface area contributed by atoms with Gasteiger partial charge >= 0.3 is 0 Å². The van der Waals surface area contributed by atoms with Gasteiger partial charge in [-0.05, 0) is 42.7 Å². The van der Waals surface area contributed by atoms with Crippen LogP contribution in [0.25, 0.3) is 16.7 Å². The first kappa shape index (κ1) is 13.3. The predicted molar refractivity (Wildman–Crippen MR) is 94.5 cm³/mol. The summed E-state index contributed by atoms with van der Waals surface area (Å²) >= 11 is 0. The van der Waals surface area contributed by atoms with Crippen molar-refractivity contribution < 1.29 is 0 Å². The van der Waals surface area contributed by atoms with Crippen LogP contribution in [0.5, 0.6) is 0 Å². The molecule has 1 aliphatic heterocycles. The Kier molecular flexibility index (Phi) is 2.73. The lowest BCUT2D eigenvalue weighted by molar-refractivity contribution is 0.748. The number of hydrogen-bond acceptors (Lipinski definition) is 5. The van der Waals surface area contributed by atoms with Crippen molar-refractivity contribution in [1.82, 2.24) is 19.6 Å². The molecule has 4 aromatic rings. The van der Waals surface area contributed by atoms with E-state index in [9.17, 15) is 0 Å². The number of nitrogen functional groups attached to an aromatic ring is 1. The zero-order valence-electron chi connectivity index (χ0n) is 13.1. The van der Waals surface area contributed by atoms with Crippen molar-refractivity contribution in [1.29, 1.82) is 0 Å². The Labute approximate surface area is 138 Å². The van der Waals surface area contributed by atoms with E-state index < -0.39 is 0 Å². The van der Waals surface area contributed by atoms with Crippen LogP contribution in [0.3, 0.4) is 0 Å². The maximum Gasteiger partial charge on any atom is 0.256 e. The van der Waals surface area contributed by atoms with Gasteiger partial charge in [-0.3, -0.25) is 0 Å². The third-order valence-corrected chi connectivity index (χ3v) is 4.60. The van der Waals surface area contributed by atoms with Crippen LogP contribution in [0.1, 0.15) is 12.0 Å². The SMILES string of the molecule is Nc1ccc2cnc3nnc(N4CCCc5ccccc54)n3c2c1. The van der Waals surface area contributed by atoms with Crippen LogP contribution in [0, 0.1) is 0 Å². The lowest BCUT2D eigenvalue weighted by Crippen LogP contribution is -2.26. The van der Waals surface area contributed by atoms with E-state index in [0.29, 0.717) is 11.5 Å². The molecule has 0 aliphatic carbocycles. The summed E-state index contributed by atoms with van der Waals surface area (Å²) in [5.41, 5.74) is 10.2. The predicted octanol–water partition coefficient (Wildman–Crippen LogP) is 2.94. The van der Waals surface area contributed by atoms with Crippen molar-refractivity contribution in [2.45, 2.75) is 12.8 Å². The second kappa shape index (κ2) is 4.92. The number of aromatic nitrogens is 4. The van der Waals surface area contributed by atoms with Crippen molar-refractivity contribution >= 4 is 34.0 Å². The Morgan fingerprint density at radius 2 is 1.96 bits per heavy atom. The highest BCUT2D eigenvalue weighted by Crippen LogP contribution is 2.33. The number of fused-ring (bicyclic) bond motifs is 4. The molecule has 0 saturated heterocycles. The standard InChI is InChI=1S/C18H16N6/c19-14-8-7-13-11-20-17-21-22-18(24(17)16(13)10-14)23-9-3-5-12-4-1-2-6-15(12)23/h1-2,4,6-8,10-11H,3,5,9,19H2. The van der Waals surface area contributed by atoms with Gasteiger partial charge < -0.3 is 10.6 Å². The number of nitrogens with two attached hydrogens (primary N) is 1. The van der Waals surface area contributed by atoms with Gasteiger partial charge in [0.05, 0.1) is 5.52 Å². The summed E-state index contributed by atoms with van der Waals surface area (Å²) in [4.78, 5) is 6.66. The van der Waals surface area contributed by atoms with Crippen molar-refractivity contribution in [2.24, 2.45) is 0 Å². The number of para-hydroxylation sites is 1. The largest absolute Gasteiger partial charge is 0.399 e. The lowest BCUT2D eigenvalue weighted by atomic mass is 10.0. The van der Waals surface area contributed by atoms with Gasteiger partial charge in [-0.25, -0.2) is 9.38 Å². The van der Waals surface area contributed by atoms with Crippen LogP contribution in [0.15, 0.2) is 48.7 Å². The normalized spacial score (nSPS) is 14.2. The number of rotatable bonds is 1. The highest BCUT2D eigenvalue weighted by atomic mass is 15.4. The number of hydrogen-bond donors (Lipinski definition) is 1. The van der Waals surface area contributed by atoms with Crippen molar-refractivity contribution in [2.75, 3.05) is 17.2 Å². The summed E-state index contributed by atoms with van der Waals surface area (Å²) in [6, 6.07) is 14.3. The van der Waals surface area contributed by atoms with E-state index in [0.717, 1.165) is 36.2 Å². The highest BCUT2D eigenvalue weighted by Gasteiger charge is 2.23. The first-order chi connectivity index (χ1) is 11.8. The molecule has 2 aromatic heterocycles. The van der Waals surface area contributed by atoms with E-state index in [-0.39, 0.29) is 0 Å². The zero-order valence-corrected chi connectivity index (χ0v) is 13.1. The topological polar surface area (TPSA) is 72.3 Å². The van der Waals surface area contributed by atoms with Crippen molar-refractivity contribution in [3.8, 4) is 0 Å². The Morgan fingerprint density at radius 3 is 2.92 bits per heavy atom. The first-order valence-corrected chi connectivity index (χ1v) is 8.06. The Hall–Kier alpha value is -3.15. The smallest absolute Gasteiger partial charge is 0.256 e. The fraction of sp³-hybridized carbons (Fsp3) is 0.167. The van der Waals surface area contributed by atoms with Crippen LogP contribution >= 0.6 is 0 Å². The van der Waals surface area contributed by atoms with Crippen LogP contribution in [0.2, 0.25) is 0 Å². The summed E-state index contributed by atoms with van der Waals surface area (Å²) in [6.45, 7) is 0.913. The maximum atomic E-state index is 6.00. The number of benzene rings is 2. The molecule has 0 bridgehead atoms. The minimum atomic E-state index is 0.589. The molecule has 2 aromatic carbocycles. The fourth-order valence-corrected chi connectivity index (χ4v) is 3.47. The molecule has 24 heavy (non-hydrogen) atoms. The van der Waals surface area contributed by atoms with Crippen LogP contribution < -0.4 is 10.6 Å². The summed E-state index contributed by atoms with van der Waals surface area (Å²) in [5.74, 6) is 1.38. The van der Waals surface area contributed by atoms with Gasteiger partial charge in [-0.2, -0.15) is 0 Å². The first-order valence-electron chi connectivity index (χ1n) is 8.06. The van der Waals surface area contributed by atoms with Gasteiger partial charge in [-0.1, -0.05) is 18.2 Å². The van der Waals surface area contributed by atoms with E-state index in [2.05, 4.69) is 44.3 Å². The van der Waals surface area contributed by atoms with E-state index in [1.165, 1.54) is 11.3 Å². The van der Waals surface area contributed by atoms with Gasteiger partial charge in [-0.15, -0.1) is 10.2 Å². The van der Waals surface area contributed by atoms with E-state index in [1.807, 2.05) is 28.8 Å². The van der Waals surface area contributed by atoms with Gasteiger partial charge in [0.15, 0.2) is 0 Å². The molecule has 0 spiro atoms. The van der Waals surface area contributed by atoms with Crippen LogP contribution in [-0.4, -0.2) is 26.1 Å². The molecule has 0 radical (unpaired) electrons. The average Bonchev–Trinajstić information content (AvgIpc) is 3.05. The second-order valence-electron chi connectivity index (χ2n) is 6.10. The minimum absolute atomic E-state index is 0.589. The molecule has 0 unspecified atom stereocenters. The Morgan fingerprint density at radius 1 is 1.04 bits per heavy atom. The highest BCUT2D eigenvalue weighted by molar-refractivity contribution is 5.84. The van der Waals surface area contributed by atoms with Gasteiger partial charge in [0.25, 0.3) is 5.78 Å². The molecule has 0 amide bonds. The summed E-state index contributed by atoms with van der Waals surface area (Å²) in [5, 5.41) is 9.72. The maximum absolute atomic E-state index is 6.00. The Balaban J connectivity index is 1.81. The third kappa shape index (κ3) is 1.86. The molecule has 3 heterocycles. The van der Waals surface area contributed by atoms with E-state index in [1.54, 1.807) is 0 Å². The second-order valence-corrected chi connectivity index (χ2v) is 6.10. The summed E-state index contributed by atoms with van der Waals surface area (Å²) in [7, 11) is 0. The third-order valence-electron chi connectivity index (χ3n) is 4.60. The lowest BCUT2D eigenvalue weighted by Gasteiger charge is -2.29. The molecule has 1 aliphatic rings. The van der Waals surface area contributed by atoms with Crippen LogP contribution in [-0.2, 0) is 6.42 Å². The molecule has 6 heteroatoms. The fourth-order valence-electron chi connectivity index (χ4n) is 3.47. The summed E-state index contributed by atoms with van der Waals surface area (Å²) in [6.07, 6.45) is 3.99. The average molecular weight is 316 g/mol.